The van der Waals surface area contributed by atoms with E-state index in [1.807, 2.05) is 30.3 Å². The van der Waals surface area contributed by atoms with Crippen molar-refractivity contribution in [2.45, 2.75) is 52.2 Å². The summed E-state index contributed by atoms with van der Waals surface area (Å²) in [5.41, 5.74) is 2.30. The van der Waals surface area contributed by atoms with Crippen LogP contribution in [0.5, 0.6) is 17.2 Å². The minimum atomic E-state index is -0.913. The maximum Gasteiger partial charge on any atom is 0.313 e. The van der Waals surface area contributed by atoms with Crippen molar-refractivity contribution >= 4 is 11.9 Å². The van der Waals surface area contributed by atoms with Crippen molar-refractivity contribution in [1.82, 2.24) is 5.32 Å². The number of hydrogen-bond donors (Lipinski definition) is 2. The number of amides is 1. The monoisotopic (exact) mass is 453 g/mol. The molecule has 1 atom stereocenters. The molecule has 2 N–H and O–H groups in total. The van der Waals surface area contributed by atoms with Gasteiger partial charge in [0.05, 0.1) is 14.2 Å². The first-order valence-corrected chi connectivity index (χ1v) is 11.4. The number of carboxylic acids is 1. The van der Waals surface area contributed by atoms with Gasteiger partial charge in [-0.1, -0.05) is 26.3 Å². The van der Waals surface area contributed by atoms with Crippen molar-refractivity contribution in [2.75, 3.05) is 14.2 Å². The van der Waals surface area contributed by atoms with Gasteiger partial charge >= 0.3 is 5.97 Å². The summed E-state index contributed by atoms with van der Waals surface area (Å²) in [5.74, 6) is 0.765. The number of aliphatic carboxylic acids is 1. The van der Waals surface area contributed by atoms with E-state index in [0.717, 1.165) is 23.1 Å². The topological polar surface area (TPSA) is 94.1 Å². The number of methoxy groups -OCH3 is 2. The third-order valence-electron chi connectivity index (χ3n) is 6.83. The molecule has 0 saturated heterocycles. The molecule has 7 heteroatoms. The molecule has 1 unspecified atom stereocenters. The standard InChI is InChI=1S/C26H31NO6/c1-15(2)12-21(26(25(29)30)10-5-11-26)33-22-18(8-9-20(31-3)23(22)32-4)16-6-7-19-17(13-16)14-27-24(19)28/h6-9,13,15,21H,5,10-12,14H2,1-4H3,(H,27,28)(H,29,30). The molecule has 1 heterocycles. The molecule has 1 amide bonds. The summed E-state index contributed by atoms with van der Waals surface area (Å²) in [6.45, 7) is 4.61. The van der Waals surface area contributed by atoms with Crippen molar-refractivity contribution in [3.63, 3.8) is 0 Å². The molecule has 1 aliphatic carbocycles. The lowest BCUT2D eigenvalue weighted by Crippen LogP contribution is -2.51. The summed E-state index contributed by atoms with van der Waals surface area (Å²) in [5, 5.41) is 13.0. The summed E-state index contributed by atoms with van der Waals surface area (Å²) < 4.78 is 17.8. The third-order valence-corrected chi connectivity index (χ3v) is 6.83. The van der Waals surface area contributed by atoms with Crippen LogP contribution in [-0.2, 0) is 11.3 Å². The Morgan fingerprint density at radius 2 is 1.82 bits per heavy atom. The predicted octanol–water partition coefficient (Wildman–Crippen LogP) is 4.66. The second kappa shape index (κ2) is 8.96. The van der Waals surface area contributed by atoms with Crippen molar-refractivity contribution in [2.24, 2.45) is 11.3 Å². The van der Waals surface area contributed by atoms with Gasteiger partial charge in [0, 0.05) is 17.7 Å². The fourth-order valence-corrected chi connectivity index (χ4v) is 4.83. The lowest BCUT2D eigenvalue weighted by atomic mass is 9.63. The van der Waals surface area contributed by atoms with E-state index in [2.05, 4.69) is 19.2 Å². The Labute approximate surface area is 194 Å². The van der Waals surface area contributed by atoms with Crippen LogP contribution < -0.4 is 19.5 Å². The van der Waals surface area contributed by atoms with Gasteiger partial charge in [-0.2, -0.15) is 0 Å². The molecule has 33 heavy (non-hydrogen) atoms. The van der Waals surface area contributed by atoms with Gasteiger partial charge < -0.3 is 24.6 Å². The molecular weight excluding hydrogens is 422 g/mol. The first kappa shape index (κ1) is 23.0. The Morgan fingerprint density at radius 3 is 2.39 bits per heavy atom. The summed E-state index contributed by atoms with van der Waals surface area (Å²) in [6, 6.07) is 9.36. The molecule has 7 nitrogen and oxygen atoms in total. The highest BCUT2D eigenvalue weighted by atomic mass is 16.5. The normalized spacial score (nSPS) is 17.1. The van der Waals surface area contributed by atoms with E-state index in [1.165, 1.54) is 0 Å². The first-order valence-electron chi connectivity index (χ1n) is 11.4. The first-order chi connectivity index (χ1) is 15.8. The quantitative estimate of drug-likeness (QED) is 0.573. The molecule has 1 fully saturated rings. The van der Waals surface area contributed by atoms with Gasteiger partial charge in [-0.25, -0.2) is 0 Å². The van der Waals surface area contributed by atoms with Crippen molar-refractivity contribution in [1.29, 1.82) is 0 Å². The maximum atomic E-state index is 12.3. The highest BCUT2D eigenvalue weighted by molar-refractivity contribution is 5.99. The van der Waals surface area contributed by atoms with Crippen molar-refractivity contribution < 1.29 is 28.9 Å². The number of rotatable bonds is 9. The Balaban J connectivity index is 1.83. The molecule has 0 spiro atoms. The van der Waals surface area contributed by atoms with Crippen LogP contribution in [-0.4, -0.2) is 37.3 Å². The third kappa shape index (κ3) is 4.01. The number of fused-ring (bicyclic) bond motifs is 1. The van der Waals surface area contributed by atoms with Crippen molar-refractivity contribution in [3.8, 4) is 28.4 Å². The van der Waals surface area contributed by atoms with E-state index < -0.39 is 17.5 Å². The Morgan fingerprint density at radius 1 is 1.09 bits per heavy atom. The number of carboxylic acid groups (broad SMARTS) is 1. The van der Waals surface area contributed by atoms with Crippen LogP contribution in [0.4, 0.5) is 0 Å². The summed E-state index contributed by atoms with van der Waals surface area (Å²) in [4.78, 5) is 24.3. The van der Waals surface area contributed by atoms with E-state index in [-0.39, 0.29) is 11.8 Å². The minimum Gasteiger partial charge on any atom is -0.493 e. The van der Waals surface area contributed by atoms with Gasteiger partial charge in [0.15, 0.2) is 11.5 Å². The van der Waals surface area contributed by atoms with Gasteiger partial charge in [0.1, 0.15) is 11.5 Å². The zero-order valence-electron chi connectivity index (χ0n) is 19.6. The smallest absolute Gasteiger partial charge is 0.313 e. The summed E-state index contributed by atoms with van der Waals surface area (Å²) in [6.07, 6.45) is 2.15. The predicted molar refractivity (Wildman–Crippen MR) is 124 cm³/mol. The molecule has 176 valence electrons. The van der Waals surface area contributed by atoms with Crippen LogP contribution in [0.2, 0.25) is 0 Å². The van der Waals surface area contributed by atoms with E-state index in [4.69, 9.17) is 14.2 Å². The van der Waals surface area contributed by atoms with E-state index in [0.29, 0.717) is 48.6 Å². The van der Waals surface area contributed by atoms with Crippen LogP contribution in [0.15, 0.2) is 30.3 Å². The fraction of sp³-hybridized carbons (Fsp3) is 0.462. The Bertz CT molecular complexity index is 1070. The van der Waals surface area contributed by atoms with E-state index in [9.17, 15) is 14.7 Å². The summed E-state index contributed by atoms with van der Waals surface area (Å²) in [7, 11) is 3.11. The molecule has 0 bridgehead atoms. The van der Waals surface area contributed by atoms with Crippen LogP contribution in [0.25, 0.3) is 11.1 Å². The molecule has 4 rings (SSSR count). The van der Waals surface area contributed by atoms with Gasteiger partial charge in [-0.05, 0) is 60.6 Å². The van der Waals surface area contributed by atoms with E-state index in [1.54, 1.807) is 14.2 Å². The van der Waals surface area contributed by atoms with Crippen LogP contribution in [0.1, 0.15) is 55.5 Å². The second-order valence-corrected chi connectivity index (χ2v) is 9.28. The lowest BCUT2D eigenvalue weighted by molar-refractivity contribution is -0.164. The van der Waals surface area contributed by atoms with Crippen LogP contribution >= 0.6 is 0 Å². The average molecular weight is 454 g/mol. The average Bonchev–Trinajstić information content (AvgIpc) is 3.11. The van der Waals surface area contributed by atoms with Crippen molar-refractivity contribution in [3.05, 3.63) is 41.5 Å². The number of carbonyl (C=O) groups is 2. The molecule has 1 aliphatic heterocycles. The molecule has 0 aromatic heterocycles. The van der Waals surface area contributed by atoms with Gasteiger partial charge in [0.2, 0.25) is 5.75 Å². The zero-order chi connectivity index (χ0) is 23.8. The Kier molecular flexibility index (Phi) is 6.23. The summed E-state index contributed by atoms with van der Waals surface area (Å²) >= 11 is 0. The van der Waals surface area contributed by atoms with Crippen LogP contribution in [0.3, 0.4) is 0 Å². The highest BCUT2D eigenvalue weighted by Gasteiger charge is 2.52. The SMILES string of the molecule is COc1ccc(-c2ccc3c(c2)CNC3=O)c(OC(CC(C)C)C2(C(=O)O)CCC2)c1OC. The maximum absolute atomic E-state index is 12.3. The fourth-order valence-electron chi connectivity index (χ4n) is 4.83. The molecule has 2 aliphatic rings. The van der Waals surface area contributed by atoms with Crippen LogP contribution in [0, 0.1) is 11.3 Å². The second-order valence-electron chi connectivity index (χ2n) is 9.28. The lowest BCUT2D eigenvalue weighted by Gasteiger charge is -2.44. The number of nitrogens with one attached hydrogen (secondary N) is 1. The van der Waals surface area contributed by atoms with Gasteiger partial charge in [0.25, 0.3) is 5.91 Å². The molecule has 0 radical (unpaired) electrons. The van der Waals surface area contributed by atoms with Gasteiger partial charge in [-0.15, -0.1) is 0 Å². The highest BCUT2D eigenvalue weighted by Crippen LogP contribution is 2.51. The Hall–Kier alpha value is -3.22. The molecule has 1 saturated carbocycles. The zero-order valence-corrected chi connectivity index (χ0v) is 19.6. The number of benzene rings is 2. The minimum absolute atomic E-state index is 0.0780. The molecule has 2 aromatic rings. The van der Waals surface area contributed by atoms with E-state index >= 15 is 0 Å². The largest absolute Gasteiger partial charge is 0.493 e. The molecule has 2 aromatic carbocycles. The van der Waals surface area contributed by atoms with Gasteiger partial charge in [-0.3, -0.25) is 9.59 Å². The molecular formula is C26H31NO6. The number of carbonyl (C=O) groups excluding carboxylic acids is 1. The number of hydrogen-bond acceptors (Lipinski definition) is 5. The number of ether oxygens (including phenoxy) is 3.